The molecule has 0 saturated carbocycles. The van der Waals surface area contributed by atoms with E-state index in [1.807, 2.05) is 55.5 Å². The molecular weight excluding hydrogens is 342 g/mol. The minimum Gasteiger partial charge on any atom is -0.494 e. The maximum absolute atomic E-state index is 12.6. The van der Waals surface area contributed by atoms with Crippen molar-refractivity contribution >= 4 is 23.3 Å². The highest BCUT2D eigenvalue weighted by Gasteiger charge is 2.30. The highest BCUT2D eigenvalue weighted by molar-refractivity contribution is 5.99. The van der Waals surface area contributed by atoms with Gasteiger partial charge in [0.05, 0.1) is 6.61 Å². The van der Waals surface area contributed by atoms with Crippen LogP contribution in [0, 0.1) is 0 Å². The minimum absolute atomic E-state index is 0.0435. The molecule has 6 nitrogen and oxygen atoms in total. The molecule has 0 aromatic heterocycles. The molecule has 27 heavy (non-hydrogen) atoms. The standard InChI is InChI=1S/C21H25N3O3/c1-3-16-5-7-17(8-6-16)22-20(25)15-23-13-14-24(21(23)26)18-9-11-19(12-10-18)27-4-2/h5-12H,3-4,13-15H2,1-2H3,(H,22,25). The van der Waals surface area contributed by atoms with Gasteiger partial charge < -0.3 is 15.0 Å². The van der Waals surface area contributed by atoms with Crippen molar-refractivity contribution in [1.82, 2.24) is 4.90 Å². The Hall–Kier alpha value is -3.02. The van der Waals surface area contributed by atoms with Crippen LogP contribution in [0.1, 0.15) is 19.4 Å². The summed E-state index contributed by atoms with van der Waals surface area (Å²) in [4.78, 5) is 28.2. The van der Waals surface area contributed by atoms with Crippen LogP contribution >= 0.6 is 0 Å². The number of nitrogens with zero attached hydrogens (tertiary/aromatic N) is 2. The maximum atomic E-state index is 12.6. The molecule has 1 saturated heterocycles. The van der Waals surface area contributed by atoms with Crippen molar-refractivity contribution < 1.29 is 14.3 Å². The third-order valence-electron chi connectivity index (χ3n) is 4.53. The van der Waals surface area contributed by atoms with Gasteiger partial charge in [0, 0.05) is 24.5 Å². The zero-order valence-electron chi connectivity index (χ0n) is 15.8. The molecule has 1 N–H and O–H groups in total. The number of hydrogen-bond acceptors (Lipinski definition) is 3. The molecule has 2 aromatic carbocycles. The van der Waals surface area contributed by atoms with Gasteiger partial charge in [0.1, 0.15) is 12.3 Å². The summed E-state index contributed by atoms with van der Waals surface area (Å²) < 4.78 is 5.43. The number of nitrogens with one attached hydrogen (secondary N) is 1. The number of anilines is 2. The van der Waals surface area contributed by atoms with E-state index in [1.54, 1.807) is 9.80 Å². The lowest BCUT2D eigenvalue weighted by atomic mass is 10.1. The minimum atomic E-state index is -0.193. The Morgan fingerprint density at radius 2 is 1.74 bits per heavy atom. The summed E-state index contributed by atoms with van der Waals surface area (Å²) in [6, 6.07) is 15.0. The smallest absolute Gasteiger partial charge is 0.325 e. The number of urea groups is 1. The summed E-state index contributed by atoms with van der Waals surface area (Å²) in [5.74, 6) is 0.583. The average molecular weight is 367 g/mol. The fraction of sp³-hybridized carbons (Fsp3) is 0.333. The lowest BCUT2D eigenvalue weighted by molar-refractivity contribution is -0.116. The van der Waals surface area contributed by atoms with Crippen molar-refractivity contribution in [1.29, 1.82) is 0 Å². The number of rotatable bonds is 7. The zero-order chi connectivity index (χ0) is 19.2. The van der Waals surface area contributed by atoms with E-state index < -0.39 is 0 Å². The lowest BCUT2D eigenvalue weighted by Crippen LogP contribution is -2.37. The first kappa shape index (κ1) is 18.8. The van der Waals surface area contributed by atoms with Crippen LogP contribution in [0.3, 0.4) is 0 Å². The number of hydrogen-bond donors (Lipinski definition) is 1. The monoisotopic (exact) mass is 367 g/mol. The second-order valence-corrected chi connectivity index (χ2v) is 6.38. The van der Waals surface area contributed by atoms with Gasteiger partial charge in [-0.1, -0.05) is 19.1 Å². The summed E-state index contributed by atoms with van der Waals surface area (Å²) in [7, 11) is 0. The SMILES string of the molecule is CCOc1ccc(N2CCN(CC(=O)Nc3ccc(CC)cc3)C2=O)cc1. The molecule has 0 aliphatic carbocycles. The van der Waals surface area contributed by atoms with Crippen LogP contribution in [0.5, 0.6) is 5.75 Å². The number of carbonyl (C=O) groups is 2. The predicted octanol–water partition coefficient (Wildman–Crippen LogP) is 3.53. The fourth-order valence-electron chi connectivity index (χ4n) is 3.06. The van der Waals surface area contributed by atoms with Crippen molar-refractivity contribution in [2.24, 2.45) is 0 Å². The second kappa shape index (κ2) is 8.58. The number of benzene rings is 2. The molecular formula is C21H25N3O3. The summed E-state index contributed by atoms with van der Waals surface area (Å²) in [5.41, 5.74) is 2.77. The molecule has 1 fully saturated rings. The van der Waals surface area contributed by atoms with Crippen LogP contribution in [0.25, 0.3) is 0 Å². The zero-order valence-corrected chi connectivity index (χ0v) is 15.8. The Bertz CT molecular complexity index is 787. The first-order chi connectivity index (χ1) is 13.1. The van der Waals surface area contributed by atoms with Gasteiger partial charge >= 0.3 is 6.03 Å². The Morgan fingerprint density at radius 1 is 1.04 bits per heavy atom. The molecule has 6 heteroatoms. The third kappa shape index (κ3) is 4.58. The Morgan fingerprint density at radius 3 is 2.37 bits per heavy atom. The molecule has 2 aromatic rings. The van der Waals surface area contributed by atoms with Crippen LogP contribution in [0.15, 0.2) is 48.5 Å². The van der Waals surface area contributed by atoms with Gasteiger partial charge in [-0.15, -0.1) is 0 Å². The fourth-order valence-corrected chi connectivity index (χ4v) is 3.06. The topological polar surface area (TPSA) is 61.9 Å². The second-order valence-electron chi connectivity index (χ2n) is 6.38. The van der Waals surface area contributed by atoms with E-state index in [0.29, 0.717) is 19.7 Å². The van der Waals surface area contributed by atoms with E-state index in [2.05, 4.69) is 12.2 Å². The van der Waals surface area contributed by atoms with Gasteiger partial charge in [-0.05, 0) is 55.3 Å². The van der Waals surface area contributed by atoms with Crippen molar-refractivity contribution in [2.45, 2.75) is 20.3 Å². The molecule has 1 heterocycles. The van der Waals surface area contributed by atoms with Crippen LogP contribution in [0.4, 0.5) is 16.2 Å². The molecule has 1 aliphatic rings. The average Bonchev–Trinajstić information content (AvgIpc) is 3.03. The van der Waals surface area contributed by atoms with Crippen LogP contribution < -0.4 is 15.0 Å². The van der Waals surface area contributed by atoms with E-state index in [1.165, 1.54) is 5.56 Å². The normalized spacial score (nSPS) is 13.8. The van der Waals surface area contributed by atoms with Gasteiger partial charge in [0.25, 0.3) is 0 Å². The quantitative estimate of drug-likeness (QED) is 0.814. The number of carbonyl (C=O) groups excluding carboxylic acids is 2. The number of amides is 3. The molecule has 0 spiro atoms. The molecule has 3 rings (SSSR count). The highest BCUT2D eigenvalue weighted by Crippen LogP contribution is 2.23. The maximum Gasteiger partial charge on any atom is 0.325 e. The Kier molecular flexibility index (Phi) is 5.96. The van der Waals surface area contributed by atoms with E-state index in [9.17, 15) is 9.59 Å². The van der Waals surface area contributed by atoms with Crippen molar-refractivity contribution in [3.05, 3.63) is 54.1 Å². The van der Waals surface area contributed by atoms with Crippen molar-refractivity contribution in [2.75, 3.05) is 36.5 Å². The van der Waals surface area contributed by atoms with Gasteiger partial charge in [-0.25, -0.2) is 4.79 Å². The van der Waals surface area contributed by atoms with Gasteiger partial charge in [0.2, 0.25) is 5.91 Å². The third-order valence-corrected chi connectivity index (χ3v) is 4.53. The molecule has 142 valence electrons. The van der Waals surface area contributed by atoms with E-state index in [0.717, 1.165) is 23.5 Å². The van der Waals surface area contributed by atoms with E-state index >= 15 is 0 Å². The number of aryl methyl sites for hydroxylation is 1. The summed E-state index contributed by atoms with van der Waals surface area (Å²) in [6.45, 7) is 5.75. The molecule has 0 radical (unpaired) electrons. The van der Waals surface area contributed by atoms with Crippen molar-refractivity contribution in [3.63, 3.8) is 0 Å². The Labute approximate surface area is 159 Å². The lowest BCUT2D eigenvalue weighted by Gasteiger charge is -2.19. The molecule has 0 bridgehead atoms. The number of ether oxygens (including phenoxy) is 1. The van der Waals surface area contributed by atoms with Gasteiger partial charge in [-0.3, -0.25) is 9.69 Å². The summed E-state index contributed by atoms with van der Waals surface area (Å²) >= 11 is 0. The molecule has 1 aliphatic heterocycles. The van der Waals surface area contributed by atoms with Crippen LogP contribution in [-0.4, -0.2) is 43.1 Å². The van der Waals surface area contributed by atoms with E-state index in [-0.39, 0.29) is 18.5 Å². The van der Waals surface area contributed by atoms with Gasteiger partial charge in [0.15, 0.2) is 0 Å². The van der Waals surface area contributed by atoms with Crippen LogP contribution in [-0.2, 0) is 11.2 Å². The molecule has 0 atom stereocenters. The molecule has 3 amide bonds. The highest BCUT2D eigenvalue weighted by atomic mass is 16.5. The van der Waals surface area contributed by atoms with Crippen LogP contribution in [0.2, 0.25) is 0 Å². The summed E-state index contributed by atoms with van der Waals surface area (Å²) in [5, 5.41) is 2.85. The predicted molar refractivity (Wildman–Crippen MR) is 106 cm³/mol. The Balaban J connectivity index is 1.56. The largest absolute Gasteiger partial charge is 0.494 e. The van der Waals surface area contributed by atoms with Crippen molar-refractivity contribution in [3.8, 4) is 5.75 Å². The van der Waals surface area contributed by atoms with E-state index in [4.69, 9.17) is 4.74 Å². The first-order valence-corrected chi connectivity index (χ1v) is 9.28. The first-order valence-electron chi connectivity index (χ1n) is 9.28. The van der Waals surface area contributed by atoms with Gasteiger partial charge in [-0.2, -0.15) is 0 Å². The summed E-state index contributed by atoms with van der Waals surface area (Å²) in [6.07, 6.45) is 0.956. The molecule has 0 unspecified atom stereocenters.